The molecule has 0 bridgehead atoms. The fourth-order valence-corrected chi connectivity index (χ4v) is 2.60. The number of rotatable bonds is 8. The van der Waals surface area contributed by atoms with E-state index in [1.54, 1.807) is 7.11 Å². The molecule has 0 aliphatic carbocycles. The summed E-state index contributed by atoms with van der Waals surface area (Å²) in [5.74, 6) is 1.98. The second kappa shape index (κ2) is 7.31. The predicted molar refractivity (Wildman–Crippen MR) is 83.8 cm³/mol. The Morgan fingerprint density at radius 1 is 1.43 bits per heavy atom. The number of fused-ring (bicyclic) bond motifs is 1. The van der Waals surface area contributed by atoms with Crippen molar-refractivity contribution in [2.45, 2.75) is 32.2 Å². The summed E-state index contributed by atoms with van der Waals surface area (Å²) in [6.07, 6.45) is 2.77. The molecule has 0 radical (unpaired) electrons. The number of nitrogens with zero attached hydrogens (tertiary/aromatic N) is 2. The van der Waals surface area contributed by atoms with Gasteiger partial charge in [0.25, 0.3) is 0 Å². The predicted octanol–water partition coefficient (Wildman–Crippen LogP) is 2.48. The Bertz CT molecular complexity index is 625. The summed E-state index contributed by atoms with van der Waals surface area (Å²) in [6, 6.07) is 5.88. The molecule has 6 heteroatoms. The van der Waals surface area contributed by atoms with E-state index in [1.165, 1.54) is 0 Å². The van der Waals surface area contributed by atoms with Gasteiger partial charge in [0.15, 0.2) is 0 Å². The van der Waals surface area contributed by atoms with Gasteiger partial charge in [0.05, 0.1) is 12.6 Å². The molecule has 114 valence electrons. The molecule has 2 N–H and O–H groups in total. The zero-order chi connectivity index (χ0) is 15.2. The maximum absolute atomic E-state index is 10.8. The van der Waals surface area contributed by atoms with Crippen LogP contribution in [0.15, 0.2) is 18.2 Å². The second-order valence-corrected chi connectivity index (χ2v) is 5.25. The minimum Gasteiger partial charge on any atom is -0.494 e. The Labute approximate surface area is 129 Å². The summed E-state index contributed by atoms with van der Waals surface area (Å²) in [4.78, 5) is 15.4. The number of aromatic nitrogens is 2. The monoisotopic (exact) mass is 309 g/mol. The third-order valence-corrected chi connectivity index (χ3v) is 3.60. The van der Waals surface area contributed by atoms with Crippen LogP contribution in [-0.2, 0) is 17.8 Å². The first-order chi connectivity index (χ1) is 10.2. The number of para-hydroxylation sites is 1. The lowest BCUT2D eigenvalue weighted by atomic mass is 10.2. The van der Waals surface area contributed by atoms with Crippen LogP contribution in [0.1, 0.15) is 25.1 Å². The van der Waals surface area contributed by atoms with Gasteiger partial charge in [-0.1, -0.05) is 6.07 Å². The molecule has 0 atom stereocenters. The molecule has 1 amide bonds. The Morgan fingerprint density at radius 3 is 2.90 bits per heavy atom. The zero-order valence-electron chi connectivity index (χ0n) is 12.1. The van der Waals surface area contributed by atoms with Gasteiger partial charge < -0.3 is 15.0 Å². The third kappa shape index (κ3) is 3.67. The van der Waals surface area contributed by atoms with Crippen molar-refractivity contribution in [3.8, 4) is 5.75 Å². The number of unbranched alkanes of at least 4 members (excludes halogenated alkanes) is 1. The average Bonchev–Trinajstić information content (AvgIpc) is 2.81. The SMILES string of the molecule is COc1cccc2c1nc(CCCl)n2CCCCC(N)=O. The van der Waals surface area contributed by atoms with Gasteiger partial charge in [-0.3, -0.25) is 4.79 Å². The van der Waals surface area contributed by atoms with Gasteiger partial charge in [-0.15, -0.1) is 11.6 Å². The van der Waals surface area contributed by atoms with Crippen molar-refractivity contribution in [2.75, 3.05) is 13.0 Å². The molecule has 1 aromatic carbocycles. The molecule has 2 rings (SSSR count). The van der Waals surface area contributed by atoms with E-state index in [0.29, 0.717) is 18.7 Å². The van der Waals surface area contributed by atoms with Crippen LogP contribution >= 0.6 is 11.6 Å². The number of hydrogen-bond acceptors (Lipinski definition) is 3. The van der Waals surface area contributed by atoms with E-state index >= 15 is 0 Å². The lowest BCUT2D eigenvalue weighted by Gasteiger charge is -2.08. The summed E-state index contributed by atoms with van der Waals surface area (Å²) in [6.45, 7) is 0.795. The molecule has 0 saturated carbocycles. The quantitative estimate of drug-likeness (QED) is 0.601. The average molecular weight is 310 g/mol. The van der Waals surface area contributed by atoms with Crippen molar-refractivity contribution in [3.63, 3.8) is 0 Å². The number of halogens is 1. The molecule has 0 unspecified atom stereocenters. The van der Waals surface area contributed by atoms with Gasteiger partial charge in [-0.25, -0.2) is 4.98 Å². The molecular weight excluding hydrogens is 290 g/mol. The van der Waals surface area contributed by atoms with Crippen LogP contribution in [0.25, 0.3) is 11.0 Å². The van der Waals surface area contributed by atoms with Crippen LogP contribution < -0.4 is 10.5 Å². The molecule has 0 saturated heterocycles. The smallest absolute Gasteiger partial charge is 0.217 e. The second-order valence-electron chi connectivity index (χ2n) is 4.87. The van der Waals surface area contributed by atoms with E-state index in [0.717, 1.165) is 42.0 Å². The number of ether oxygens (including phenoxy) is 1. The number of aryl methyl sites for hydroxylation is 2. The van der Waals surface area contributed by atoms with Gasteiger partial charge in [-0.05, 0) is 25.0 Å². The number of carbonyl (C=O) groups is 1. The largest absolute Gasteiger partial charge is 0.494 e. The van der Waals surface area contributed by atoms with Crippen molar-refractivity contribution < 1.29 is 9.53 Å². The van der Waals surface area contributed by atoms with E-state index < -0.39 is 0 Å². The lowest BCUT2D eigenvalue weighted by molar-refractivity contribution is -0.118. The molecule has 5 nitrogen and oxygen atoms in total. The highest BCUT2D eigenvalue weighted by atomic mass is 35.5. The minimum absolute atomic E-state index is 0.256. The number of methoxy groups -OCH3 is 1. The molecule has 0 fully saturated rings. The van der Waals surface area contributed by atoms with Crippen LogP contribution in [0.5, 0.6) is 5.75 Å². The van der Waals surface area contributed by atoms with E-state index in [-0.39, 0.29) is 5.91 Å². The molecule has 0 spiro atoms. The van der Waals surface area contributed by atoms with E-state index in [2.05, 4.69) is 9.55 Å². The molecule has 1 heterocycles. The fraction of sp³-hybridized carbons (Fsp3) is 0.467. The van der Waals surface area contributed by atoms with Crippen molar-refractivity contribution in [3.05, 3.63) is 24.0 Å². The van der Waals surface area contributed by atoms with E-state index in [9.17, 15) is 4.79 Å². The molecule has 1 aromatic heterocycles. The maximum atomic E-state index is 10.8. The number of alkyl halides is 1. The summed E-state index contributed by atoms with van der Waals surface area (Å²) in [5, 5.41) is 0. The summed E-state index contributed by atoms with van der Waals surface area (Å²) < 4.78 is 7.52. The minimum atomic E-state index is -0.256. The summed E-state index contributed by atoms with van der Waals surface area (Å²) in [5.41, 5.74) is 7.06. The van der Waals surface area contributed by atoms with Gasteiger partial charge in [0.1, 0.15) is 17.1 Å². The number of imidazole rings is 1. The van der Waals surface area contributed by atoms with Crippen molar-refractivity contribution >= 4 is 28.5 Å². The fourth-order valence-electron chi connectivity index (χ4n) is 2.43. The van der Waals surface area contributed by atoms with E-state index in [4.69, 9.17) is 22.1 Å². The van der Waals surface area contributed by atoms with Crippen LogP contribution in [-0.4, -0.2) is 28.4 Å². The van der Waals surface area contributed by atoms with E-state index in [1.807, 2.05) is 18.2 Å². The number of primary amides is 1. The van der Waals surface area contributed by atoms with Crippen molar-refractivity contribution in [1.29, 1.82) is 0 Å². The van der Waals surface area contributed by atoms with Crippen molar-refractivity contribution in [2.24, 2.45) is 5.73 Å². The Kier molecular flexibility index (Phi) is 5.44. The van der Waals surface area contributed by atoms with Crippen LogP contribution in [0, 0.1) is 0 Å². The zero-order valence-corrected chi connectivity index (χ0v) is 12.9. The molecule has 21 heavy (non-hydrogen) atoms. The first kappa shape index (κ1) is 15.6. The highest BCUT2D eigenvalue weighted by molar-refractivity contribution is 6.17. The Balaban J connectivity index is 2.26. The van der Waals surface area contributed by atoms with Crippen LogP contribution in [0.3, 0.4) is 0 Å². The molecule has 2 aromatic rings. The van der Waals surface area contributed by atoms with Gasteiger partial charge in [0, 0.05) is 25.3 Å². The molecular formula is C15H20ClN3O2. The van der Waals surface area contributed by atoms with Gasteiger partial charge in [-0.2, -0.15) is 0 Å². The number of nitrogens with two attached hydrogens (primary N) is 1. The Hall–Kier alpha value is -1.75. The first-order valence-electron chi connectivity index (χ1n) is 7.03. The standard InChI is InChI=1S/C15H20ClN3O2/c1-21-12-6-4-5-11-15(12)18-14(8-9-16)19(11)10-3-2-7-13(17)20/h4-6H,2-3,7-10H2,1H3,(H2,17,20). The summed E-state index contributed by atoms with van der Waals surface area (Å²) >= 11 is 5.87. The summed E-state index contributed by atoms with van der Waals surface area (Å²) in [7, 11) is 1.64. The Morgan fingerprint density at radius 2 is 2.24 bits per heavy atom. The number of carbonyl (C=O) groups excluding carboxylic acids is 1. The lowest BCUT2D eigenvalue weighted by Crippen LogP contribution is -2.11. The number of amides is 1. The van der Waals surface area contributed by atoms with Crippen LogP contribution in [0.4, 0.5) is 0 Å². The maximum Gasteiger partial charge on any atom is 0.217 e. The third-order valence-electron chi connectivity index (χ3n) is 3.41. The molecule has 0 aliphatic rings. The molecule has 0 aliphatic heterocycles. The topological polar surface area (TPSA) is 70.1 Å². The first-order valence-corrected chi connectivity index (χ1v) is 7.57. The number of benzene rings is 1. The van der Waals surface area contributed by atoms with Gasteiger partial charge in [0.2, 0.25) is 5.91 Å². The number of hydrogen-bond donors (Lipinski definition) is 1. The normalized spacial score (nSPS) is 11.0. The van der Waals surface area contributed by atoms with Gasteiger partial charge >= 0.3 is 0 Å². The van der Waals surface area contributed by atoms with Crippen molar-refractivity contribution in [1.82, 2.24) is 9.55 Å². The highest BCUT2D eigenvalue weighted by Gasteiger charge is 2.13. The highest BCUT2D eigenvalue weighted by Crippen LogP contribution is 2.26. The van der Waals surface area contributed by atoms with Crippen LogP contribution in [0.2, 0.25) is 0 Å².